The number of benzene rings is 1. The van der Waals surface area contributed by atoms with E-state index in [1.165, 1.54) is 0 Å². The molecule has 1 amide bonds. The van der Waals surface area contributed by atoms with Crippen LogP contribution in [0.1, 0.15) is 47.3 Å². The molecule has 0 saturated carbocycles. The Kier molecular flexibility index (Phi) is 4.91. The fourth-order valence-electron chi connectivity index (χ4n) is 2.52. The molecule has 4 nitrogen and oxygen atoms in total. The first kappa shape index (κ1) is 16.1. The molecule has 0 aliphatic heterocycles. The van der Waals surface area contributed by atoms with Crippen LogP contribution < -0.4 is 10.1 Å². The third-order valence-electron chi connectivity index (χ3n) is 3.71. The summed E-state index contributed by atoms with van der Waals surface area (Å²) in [6.07, 6.45) is 0. The van der Waals surface area contributed by atoms with Crippen molar-refractivity contribution in [3.8, 4) is 5.75 Å². The molecule has 4 heteroatoms. The number of aryl methyl sites for hydroxylation is 2. The van der Waals surface area contributed by atoms with Crippen molar-refractivity contribution in [1.29, 1.82) is 0 Å². The fraction of sp³-hybridized carbons (Fsp3) is 0.389. The SMILES string of the molecule is COc1ccc(C(NC(=O)c2cc(C)oc2C)C(C)C)cc1. The highest BCUT2D eigenvalue weighted by Gasteiger charge is 2.21. The summed E-state index contributed by atoms with van der Waals surface area (Å²) in [6.45, 7) is 7.82. The topological polar surface area (TPSA) is 51.5 Å². The van der Waals surface area contributed by atoms with E-state index < -0.39 is 0 Å². The molecule has 0 fully saturated rings. The largest absolute Gasteiger partial charge is 0.497 e. The molecule has 0 spiro atoms. The molecule has 1 aromatic heterocycles. The van der Waals surface area contributed by atoms with Gasteiger partial charge < -0.3 is 14.5 Å². The molecular weight excluding hydrogens is 278 g/mol. The quantitative estimate of drug-likeness (QED) is 0.907. The molecule has 0 aliphatic carbocycles. The van der Waals surface area contributed by atoms with E-state index in [0.717, 1.165) is 17.1 Å². The minimum absolute atomic E-state index is 0.0620. The second-order valence-electron chi connectivity index (χ2n) is 5.80. The van der Waals surface area contributed by atoms with Crippen LogP contribution in [-0.4, -0.2) is 13.0 Å². The molecule has 2 aromatic rings. The van der Waals surface area contributed by atoms with Gasteiger partial charge in [0.1, 0.15) is 17.3 Å². The molecule has 1 N–H and O–H groups in total. The van der Waals surface area contributed by atoms with E-state index >= 15 is 0 Å². The predicted octanol–water partition coefficient (Wildman–Crippen LogP) is 4.03. The van der Waals surface area contributed by atoms with Gasteiger partial charge in [0.2, 0.25) is 0 Å². The van der Waals surface area contributed by atoms with Gasteiger partial charge in [-0.25, -0.2) is 0 Å². The molecule has 2 rings (SSSR count). The van der Waals surface area contributed by atoms with Gasteiger partial charge in [-0.05, 0) is 43.5 Å². The summed E-state index contributed by atoms with van der Waals surface area (Å²) in [5, 5.41) is 3.10. The van der Waals surface area contributed by atoms with E-state index in [2.05, 4.69) is 19.2 Å². The van der Waals surface area contributed by atoms with E-state index in [1.807, 2.05) is 31.2 Å². The van der Waals surface area contributed by atoms with E-state index in [-0.39, 0.29) is 17.9 Å². The molecule has 0 bridgehead atoms. The monoisotopic (exact) mass is 301 g/mol. The van der Waals surface area contributed by atoms with Crippen LogP contribution in [0.25, 0.3) is 0 Å². The molecule has 0 aliphatic rings. The highest BCUT2D eigenvalue weighted by Crippen LogP contribution is 2.25. The van der Waals surface area contributed by atoms with Gasteiger partial charge in [-0.1, -0.05) is 26.0 Å². The number of hydrogen-bond acceptors (Lipinski definition) is 3. The van der Waals surface area contributed by atoms with Crippen molar-refractivity contribution in [2.45, 2.75) is 33.7 Å². The van der Waals surface area contributed by atoms with Gasteiger partial charge in [-0.2, -0.15) is 0 Å². The molecule has 1 atom stereocenters. The van der Waals surface area contributed by atoms with E-state index in [0.29, 0.717) is 11.3 Å². The standard InChI is InChI=1S/C18H23NO3/c1-11(2)17(14-6-8-15(21-5)9-7-14)19-18(20)16-10-12(3)22-13(16)4/h6-11,17H,1-5H3,(H,19,20). The molecule has 118 valence electrons. The number of rotatable bonds is 5. The first-order valence-corrected chi connectivity index (χ1v) is 7.44. The molecule has 1 unspecified atom stereocenters. The third-order valence-corrected chi connectivity index (χ3v) is 3.71. The van der Waals surface area contributed by atoms with E-state index in [4.69, 9.17) is 9.15 Å². The number of hydrogen-bond donors (Lipinski definition) is 1. The number of carbonyl (C=O) groups is 1. The Morgan fingerprint density at radius 2 is 1.82 bits per heavy atom. The van der Waals surface area contributed by atoms with Gasteiger partial charge in [-0.15, -0.1) is 0 Å². The van der Waals surface area contributed by atoms with Gasteiger partial charge in [0.25, 0.3) is 5.91 Å². The predicted molar refractivity (Wildman–Crippen MR) is 86.2 cm³/mol. The lowest BCUT2D eigenvalue weighted by molar-refractivity contribution is 0.0924. The molecule has 22 heavy (non-hydrogen) atoms. The summed E-state index contributed by atoms with van der Waals surface area (Å²) in [4.78, 5) is 12.5. The molecule has 1 heterocycles. The van der Waals surface area contributed by atoms with Gasteiger partial charge in [0, 0.05) is 0 Å². The van der Waals surface area contributed by atoms with Crippen molar-refractivity contribution in [3.63, 3.8) is 0 Å². The second-order valence-corrected chi connectivity index (χ2v) is 5.80. The molecule has 0 radical (unpaired) electrons. The fourth-order valence-corrected chi connectivity index (χ4v) is 2.52. The van der Waals surface area contributed by atoms with Crippen molar-refractivity contribution < 1.29 is 13.9 Å². The summed E-state index contributed by atoms with van der Waals surface area (Å²) in [5.74, 6) is 2.36. The Morgan fingerprint density at radius 1 is 1.18 bits per heavy atom. The van der Waals surface area contributed by atoms with Gasteiger partial charge in [0.15, 0.2) is 0 Å². The Labute approximate surface area is 131 Å². The Hall–Kier alpha value is -2.23. The summed E-state index contributed by atoms with van der Waals surface area (Å²) in [5.41, 5.74) is 1.65. The van der Waals surface area contributed by atoms with Crippen molar-refractivity contribution in [2.75, 3.05) is 7.11 Å². The normalized spacial score (nSPS) is 12.3. The van der Waals surface area contributed by atoms with Crippen LogP contribution in [0, 0.1) is 19.8 Å². The lowest BCUT2D eigenvalue weighted by Crippen LogP contribution is -2.31. The van der Waals surface area contributed by atoms with Crippen LogP contribution in [0.5, 0.6) is 5.75 Å². The zero-order valence-electron chi connectivity index (χ0n) is 13.8. The summed E-state index contributed by atoms with van der Waals surface area (Å²) >= 11 is 0. The van der Waals surface area contributed by atoms with Crippen molar-refractivity contribution in [1.82, 2.24) is 5.32 Å². The van der Waals surface area contributed by atoms with Gasteiger partial charge in [-0.3, -0.25) is 4.79 Å². The number of carbonyl (C=O) groups excluding carboxylic acids is 1. The lowest BCUT2D eigenvalue weighted by Gasteiger charge is -2.23. The summed E-state index contributed by atoms with van der Waals surface area (Å²) in [7, 11) is 1.64. The number of furan rings is 1. The minimum Gasteiger partial charge on any atom is -0.497 e. The lowest BCUT2D eigenvalue weighted by atomic mass is 9.95. The molecule has 0 saturated heterocycles. The van der Waals surface area contributed by atoms with Gasteiger partial charge >= 0.3 is 0 Å². The number of amides is 1. The smallest absolute Gasteiger partial charge is 0.255 e. The maximum atomic E-state index is 12.5. The number of nitrogens with one attached hydrogen (secondary N) is 1. The third kappa shape index (κ3) is 3.50. The van der Waals surface area contributed by atoms with Crippen molar-refractivity contribution in [3.05, 3.63) is 53.0 Å². The zero-order valence-corrected chi connectivity index (χ0v) is 13.8. The maximum absolute atomic E-state index is 12.5. The molecular formula is C18H23NO3. The van der Waals surface area contributed by atoms with E-state index in [9.17, 15) is 4.79 Å². The van der Waals surface area contributed by atoms with Crippen LogP contribution >= 0.6 is 0 Å². The first-order chi connectivity index (χ1) is 10.4. The zero-order chi connectivity index (χ0) is 16.3. The highest BCUT2D eigenvalue weighted by molar-refractivity contribution is 5.95. The van der Waals surface area contributed by atoms with Crippen LogP contribution in [0.2, 0.25) is 0 Å². The van der Waals surface area contributed by atoms with Gasteiger partial charge in [0.05, 0.1) is 18.7 Å². The number of ether oxygens (including phenoxy) is 1. The minimum atomic E-state index is -0.108. The second kappa shape index (κ2) is 6.69. The van der Waals surface area contributed by atoms with E-state index in [1.54, 1.807) is 20.1 Å². The Bertz CT molecular complexity index is 641. The summed E-state index contributed by atoms with van der Waals surface area (Å²) < 4.78 is 10.6. The van der Waals surface area contributed by atoms with Crippen molar-refractivity contribution in [2.24, 2.45) is 5.92 Å². The Morgan fingerprint density at radius 3 is 2.27 bits per heavy atom. The van der Waals surface area contributed by atoms with Crippen LogP contribution in [0.4, 0.5) is 0 Å². The Balaban J connectivity index is 2.21. The van der Waals surface area contributed by atoms with Crippen LogP contribution in [0.3, 0.4) is 0 Å². The maximum Gasteiger partial charge on any atom is 0.255 e. The summed E-state index contributed by atoms with van der Waals surface area (Å²) in [6, 6.07) is 9.49. The van der Waals surface area contributed by atoms with Crippen molar-refractivity contribution >= 4 is 5.91 Å². The average Bonchev–Trinajstić information content (AvgIpc) is 2.83. The highest BCUT2D eigenvalue weighted by atomic mass is 16.5. The number of methoxy groups -OCH3 is 1. The molecule has 1 aromatic carbocycles. The van der Waals surface area contributed by atoms with Crippen LogP contribution in [0.15, 0.2) is 34.7 Å². The first-order valence-electron chi connectivity index (χ1n) is 7.44. The van der Waals surface area contributed by atoms with Crippen LogP contribution in [-0.2, 0) is 0 Å². The average molecular weight is 301 g/mol.